The number of imidazole rings is 1. The molecule has 0 N–H and O–H groups in total. The lowest BCUT2D eigenvalue weighted by atomic mass is 10.1. The van der Waals surface area contributed by atoms with Crippen LogP contribution in [0.25, 0.3) is 16.9 Å². The van der Waals surface area contributed by atoms with Gasteiger partial charge in [-0.15, -0.1) is 0 Å². The van der Waals surface area contributed by atoms with Gasteiger partial charge in [0, 0.05) is 5.56 Å². The number of fused-ring (bicyclic) bond motifs is 1. The van der Waals surface area contributed by atoms with Crippen molar-refractivity contribution in [2.45, 2.75) is 27.7 Å². The molecule has 0 amide bonds. The van der Waals surface area contributed by atoms with Crippen molar-refractivity contribution in [1.82, 2.24) is 19.5 Å². The number of aromatic nitrogens is 4. The molecule has 1 aromatic carbocycles. The first-order valence-corrected chi connectivity index (χ1v) is 6.80. The van der Waals surface area contributed by atoms with Gasteiger partial charge in [0.05, 0.1) is 11.0 Å². The second-order valence-corrected chi connectivity index (χ2v) is 5.41. The van der Waals surface area contributed by atoms with Crippen LogP contribution in [0, 0.1) is 27.7 Å². The molecule has 0 saturated carbocycles. The molecule has 0 radical (unpaired) electrons. The van der Waals surface area contributed by atoms with Gasteiger partial charge < -0.3 is 0 Å². The Bertz CT molecular complexity index is 820. The van der Waals surface area contributed by atoms with E-state index in [2.05, 4.69) is 40.9 Å². The van der Waals surface area contributed by atoms with Gasteiger partial charge in [0.2, 0.25) is 0 Å². The Morgan fingerprint density at radius 2 is 1.70 bits per heavy atom. The second kappa shape index (κ2) is 4.56. The summed E-state index contributed by atoms with van der Waals surface area (Å²) in [6, 6.07) is 4.22. The quantitative estimate of drug-likeness (QED) is 0.641. The molecule has 0 aliphatic heterocycles. The Morgan fingerprint density at radius 3 is 2.45 bits per heavy atom. The third kappa shape index (κ3) is 1.96. The summed E-state index contributed by atoms with van der Waals surface area (Å²) in [5, 5.41) is 0.484. The zero-order valence-electron chi connectivity index (χ0n) is 11.9. The SMILES string of the molecule is Cc1nc(Cl)c(C)c(-n2cnc3cc(C)c(C)cc32)n1. The number of benzene rings is 1. The highest BCUT2D eigenvalue weighted by molar-refractivity contribution is 6.30. The zero-order valence-corrected chi connectivity index (χ0v) is 12.7. The molecule has 0 aliphatic carbocycles. The van der Waals surface area contributed by atoms with Gasteiger partial charge in [0.15, 0.2) is 0 Å². The van der Waals surface area contributed by atoms with Crippen molar-refractivity contribution in [3.8, 4) is 5.82 Å². The van der Waals surface area contributed by atoms with Gasteiger partial charge in [0.25, 0.3) is 0 Å². The third-order valence-electron chi connectivity index (χ3n) is 3.56. The Kier molecular flexibility index (Phi) is 2.98. The molecule has 0 aliphatic rings. The molecule has 0 bridgehead atoms. The number of rotatable bonds is 1. The smallest absolute Gasteiger partial charge is 0.146 e. The van der Waals surface area contributed by atoms with Crippen molar-refractivity contribution in [3.05, 3.63) is 46.1 Å². The lowest BCUT2D eigenvalue weighted by Gasteiger charge is -2.10. The van der Waals surface area contributed by atoms with E-state index >= 15 is 0 Å². The summed E-state index contributed by atoms with van der Waals surface area (Å²) in [5.74, 6) is 1.44. The fourth-order valence-corrected chi connectivity index (χ4v) is 2.45. The van der Waals surface area contributed by atoms with Crippen LogP contribution in [0.5, 0.6) is 0 Å². The molecular weight excluding hydrogens is 272 g/mol. The van der Waals surface area contributed by atoms with Crippen LogP contribution < -0.4 is 0 Å². The van der Waals surface area contributed by atoms with E-state index in [9.17, 15) is 0 Å². The zero-order chi connectivity index (χ0) is 14.4. The summed E-state index contributed by atoms with van der Waals surface area (Å²) in [5.41, 5.74) is 5.31. The van der Waals surface area contributed by atoms with Crippen LogP contribution in [0.15, 0.2) is 18.5 Å². The van der Waals surface area contributed by atoms with Crippen LogP contribution in [0.3, 0.4) is 0 Å². The van der Waals surface area contributed by atoms with Crippen molar-refractivity contribution in [2.24, 2.45) is 0 Å². The van der Waals surface area contributed by atoms with Crippen LogP contribution in [0.4, 0.5) is 0 Å². The van der Waals surface area contributed by atoms with Crippen molar-refractivity contribution < 1.29 is 0 Å². The van der Waals surface area contributed by atoms with Gasteiger partial charge in [-0.2, -0.15) is 0 Å². The Hall–Kier alpha value is -1.94. The Morgan fingerprint density at radius 1 is 1.00 bits per heavy atom. The minimum Gasteiger partial charge on any atom is -0.283 e. The first kappa shape index (κ1) is 13.1. The summed E-state index contributed by atoms with van der Waals surface area (Å²) in [4.78, 5) is 13.1. The summed E-state index contributed by atoms with van der Waals surface area (Å²) in [6.45, 7) is 7.94. The van der Waals surface area contributed by atoms with E-state index in [-0.39, 0.29) is 0 Å². The van der Waals surface area contributed by atoms with Gasteiger partial charge >= 0.3 is 0 Å². The molecule has 5 heteroatoms. The van der Waals surface area contributed by atoms with Gasteiger partial charge in [0.1, 0.15) is 23.1 Å². The van der Waals surface area contributed by atoms with Gasteiger partial charge in [-0.1, -0.05) is 11.6 Å². The number of halogens is 1. The predicted octanol–water partition coefficient (Wildman–Crippen LogP) is 3.70. The lowest BCUT2D eigenvalue weighted by Crippen LogP contribution is -2.03. The normalized spacial score (nSPS) is 11.2. The second-order valence-electron chi connectivity index (χ2n) is 5.05. The molecule has 2 aromatic heterocycles. The molecule has 0 unspecified atom stereocenters. The molecule has 3 aromatic rings. The van der Waals surface area contributed by atoms with Crippen LogP contribution in [-0.4, -0.2) is 19.5 Å². The first-order valence-electron chi connectivity index (χ1n) is 6.43. The first-order chi connectivity index (χ1) is 9.47. The highest BCUT2D eigenvalue weighted by Gasteiger charge is 2.13. The molecular formula is C15H15ClN4. The van der Waals surface area contributed by atoms with E-state index in [0.29, 0.717) is 11.0 Å². The molecule has 0 fully saturated rings. The van der Waals surface area contributed by atoms with Gasteiger partial charge in [-0.25, -0.2) is 15.0 Å². The number of hydrogen-bond donors (Lipinski definition) is 0. The molecule has 4 nitrogen and oxygen atoms in total. The molecule has 102 valence electrons. The average Bonchev–Trinajstić information content (AvgIpc) is 2.77. The van der Waals surface area contributed by atoms with E-state index < -0.39 is 0 Å². The number of aryl methyl sites for hydroxylation is 3. The lowest BCUT2D eigenvalue weighted by molar-refractivity contribution is 0.934. The minimum atomic E-state index is 0.484. The molecule has 0 saturated heterocycles. The minimum absolute atomic E-state index is 0.484. The maximum absolute atomic E-state index is 6.16. The standard InChI is InChI=1S/C15H15ClN4/c1-8-5-12-13(6-9(8)2)20(7-17-12)15-10(3)14(16)18-11(4)19-15/h5-7H,1-4H3. The molecule has 0 atom stereocenters. The molecule has 3 rings (SSSR count). The van der Waals surface area contributed by atoms with Crippen molar-refractivity contribution in [2.75, 3.05) is 0 Å². The molecule has 0 spiro atoms. The molecule has 20 heavy (non-hydrogen) atoms. The van der Waals surface area contributed by atoms with Crippen LogP contribution >= 0.6 is 11.6 Å². The summed E-state index contributed by atoms with van der Waals surface area (Å²) >= 11 is 6.16. The average molecular weight is 287 g/mol. The molecule has 2 heterocycles. The van der Waals surface area contributed by atoms with Crippen LogP contribution in [-0.2, 0) is 0 Å². The van der Waals surface area contributed by atoms with Crippen molar-refractivity contribution >= 4 is 22.6 Å². The maximum Gasteiger partial charge on any atom is 0.146 e. The monoisotopic (exact) mass is 286 g/mol. The Labute approximate surface area is 122 Å². The van der Waals surface area contributed by atoms with E-state index in [1.807, 2.05) is 18.4 Å². The topological polar surface area (TPSA) is 43.6 Å². The summed E-state index contributed by atoms with van der Waals surface area (Å²) in [6.07, 6.45) is 1.79. The van der Waals surface area contributed by atoms with E-state index in [4.69, 9.17) is 11.6 Å². The largest absolute Gasteiger partial charge is 0.283 e. The van der Waals surface area contributed by atoms with Crippen LogP contribution in [0.1, 0.15) is 22.5 Å². The summed E-state index contributed by atoms with van der Waals surface area (Å²) in [7, 11) is 0. The van der Waals surface area contributed by atoms with Gasteiger partial charge in [-0.05, 0) is 51.0 Å². The maximum atomic E-state index is 6.16. The van der Waals surface area contributed by atoms with E-state index in [1.54, 1.807) is 6.33 Å². The third-order valence-corrected chi connectivity index (χ3v) is 3.93. The van der Waals surface area contributed by atoms with Crippen molar-refractivity contribution in [1.29, 1.82) is 0 Å². The number of hydrogen-bond acceptors (Lipinski definition) is 3. The predicted molar refractivity (Wildman–Crippen MR) is 80.6 cm³/mol. The van der Waals surface area contributed by atoms with Crippen LogP contribution in [0.2, 0.25) is 5.15 Å². The Balaban J connectivity index is 2.33. The van der Waals surface area contributed by atoms with E-state index in [1.165, 1.54) is 11.1 Å². The fraction of sp³-hybridized carbons (Fsp3) is 0.267. The highest BCUT2D eigenvalue weighted by atomic mass is 35.5. The summed E-state index contributed by atoms with van der Waals surface area (Å²) < 4.78 is 1.97. The number of nitrogens with zero attached hydrogens (tertiary/aromatic N) is 4. The highest BCUT2D eigenvalue weighted by Crippen LogP contribution is 2.25. The fourth-order valence-electron chi connectivity index (χ4n) is 2.25. The van der Waals surface area contributed by atoms with Crippen molar-refractivity contribution in [3.63, 3.8) is 0 Å². The van der Waals surface area contributed by atoms with E-state index in [0.717, 1.165) is 22.4 Å². The van der Waals surface area contributed by atoms with Gasteiger partial charge in [-0.3, -0.25) is 4.57 Å².